The van der Waals surface area contributed by atoms with Gasteiger partial charge in [0.1, 0.15) is 6.17 Å². The molecule has 2 atom stereocenters. The second-order valence-electron chi connectivity index (χ2n) is 8.38. The summed E-state index contributed by atoms with van der Waals surface area (Å²) in [5.41, 5.74) is 3.33. The largest absolute Gasteiger partial charge is 0.382 e. The van der Waals surface area contributed by atoms with Crippen LogP contribution in [0.2, 0.25) is 0 Å². The molecule has 0 unspecified atom stereocenters. The van der Waals surface area contributed by atoms with Crippen molar-refractivity contribution in [2.75, 3.05) is 38.5 Å². The number of alkyl halides is 1. The van der Waals surface area contributed by atoms with Crippen LogP contribution >= 0.6 is 0 Å². The van der Waals surface area contributed by atoms with Crippen LogP contribution in [0.5, 0.6) is 0 Å². The summed E-state index contributed by atoms with van der Waals surface area (Å²) in [6.45, 7) is 4.32. The minimum absolute atomic E-state index is 0.00191. The first-order chi connectivity index (χ1) is 14.5. The monoisotopic (exact) mass is 411 g/mol. The molecule has 0 aliphatic carbocycles. The Kier molecular flexibility index (Phi) is 6.27. The zero-order valence-corrected chi connectivity index (χ0v) is 17.7. The summed E-state index contributed by atoms with van der Waals surface area (Å²) in [4.78, 5) is 25.1. The number of carbonyl (C=O) groups is 1. The Labute approximate surface area is 177 Å². The number of halogens is 1. The van der Waals surface area contributed by atoms with Crippen molar-refractivity contribution in [2.24, 2.45) is 4.99 Å². The number of benzene rings is 1. The number of rotatable bonds is 5. The fourth-order valence-corrected chi connectivity index (χ4v) is 4.59. The van der Waals surface area contributed by atoms with Gasteiger partial charge >= 0.3 is 0 Å². The van der Waals surface area contributed by atoms with Crippen molar-refractivity contribution in [3.63, 3.8) is 0 Å². The maximum atomic E-state index is 13.8. The van der Waals surface area contributed by atoms with E-state index in [2.05, 4.69) is 45.3 Å². The van der Waals surface area contributed by atoms with Gasteiger partial charge in [0.2, 0.25) is 5.91 Å². The minimum Gasteiger partial charge on any atom is -0.382 e. The van der Waals surface area contributed by atoms with Gasteiger partial charge in [0.25, 0.3) is 0 Å². The van der Waals surface area contributed by atoms with Crippen molar-refractivity contribution in [1.82, 2.24) is 14.8 Å². The lowest BCUT2D eigenvalue weighted by atomic mass is 10.0. The molecule has 2 aliphatic heterocycles. The van der Waals surface area contributed by atoms with Crippen molar-refractivity contribution < 1.29 is 9.18 Å². The van der Waals surface area contributed by atoms with Crippen LogP contribution < -0.4 is 5.32 Å². The third kappa shape index (κ3) is 4.46. The van der Waals surface area contributed by atoms with E-state index in [1.54, 1.807) is 18.2 Å². The number of aryl methyl sites for hydroxylation is 1. The Morgan fingerprint density at radius 1 is 1.33 bits per heavy atom. The molecule has 4 rings (SSSR count). The SMILES string of the molecule is CN=C[C@@H]1C[C@H](F)CN1C(=O)CN1CCC(Nc2ccc(C)c3ncccc23)CC1. The van der Waals surface area contributed by atoms with Crippen LogP contribution in [-0.2, 0) is 4.79 Å². The Morgan fingerprint density at radius 2 is 2.13 bits per heavy atom. The highest BCUT2D eigenvalue weighted by atomic mass is 19.1. The number of anilines is 1. The maximum absolute atomic E-state index is 13.8. The molecule has 30 heavy (non-hydrogen) atoms. The molecule has 2 aliphatic rings. The molecule has 160 valence electrons. The highest BCUT2D eigenvalue weighted by Crippen LogP contribution is 2.27. The van der Waals surface area contributed by atoms with Crippen LogP contribution in [0.3, 0.4) is 0 Å². The van der Waals surface area contributed by atoms with E-state index in [9.17, 15) is 9.18 Å². The number of aromatic nitrogens is 1. The summed E-state index contributed by atoms with van der Waals surface area (Å²) >= 11 is 0. The van der Waals surface area contributed by atoms with Gasteiger partial charge in [-0.1, -0.05) is 6.07 Å². The molecule has 6 nitrogen and oxygen atoms in total. The molecular formula is C23H30FN5O. The summed E-state index contributed by atoms with van der Waals surface area (Å²) in [6, 6.07) is 8.47. The minimum atomic E-state index is -0.953. The quantitative estimate of drug-likeness (QED) is 0.769. The van der Waals surface area contributed by atoms with Gasteiger partial charge < -0.3 is 10.2 Å². The molecule has 0 bridgehead atoms. The van der Waals surface area contributed by atoms with Crippen LogP contribution in [0.4, 0.5) is 10.1 Å². The number of nitrogens with zero attached hydrogens (tertiary/aromatic N) is 4. The number of nitrogens with one attached hydrogen (secondary N) is 1. The van der Waals surface area contributed by atoms with E-state index in [4.69, 9.17) is 0 Å². The van der Waals surface area contributed by atoms with Crippen LogP contribution in [0.1, 0.15) is 24.8 Å². The maximum Gasteiger partial charge on any atom is 0.237 e. The number of likely N-dealkylation sites (tertiary alicyclic amines) is 2. The third-order valence-corrected chi connectivity index (χ3v) is 6.21. The Bertz CT molecular complexity index is 925. The van der Waals surface area contributed by atoms with Crippen LogP contribution in [0.15, 0.2) is 35.5 Å². The summed E-state index contributed by atoms with van der Waals surface area (Å²) in [7, 11) is 1.67. The number of hydrogen-bond acceptors (Lipinski definition) is 5. The zero-order valence-electron chi connectivity index (χ0n) is 17.7. The molecule has 7 heteroatoms. The second-order valence-corrected chi connectivity index (χ2v) is 8.38. The van der Waals surface area contributed by atoms with Gasteiger partial charge in [-0.2, -0.15) is 0 Å². The molecule has 2 aromatic rings. The molecule has 1 amide bonds. The molecule has 1 N–H and O–H groups in total. The second kappa shape index (κ2) is 9.08. The number of aliphatic imine (C=N–C) groups is 1. The van der Waals surface area contributed by atoms with Crippen LogP contribution in [0.25, 0.3) is 10.9 Å². The van der Waals surface area contributed by atoms with Gasteiger partial charge in [0.05, 0.1) is 24.6 Å². The average Bonchev–Trinajstić information content (AvgIpc) is 3.12. The lowest BCUT2D eigenvalue weighted by Gasteiger charge is -2.34. The van der Waals surface area contributed by atoms with Gasteiger partial charge in [-0.15, -0.1) is 0 Å². The van der Waals surface area contributed by atoms with Crippen LogP contribution in [-0.4, -0.2) is 78.4 Å². The van der Waals surface area contributed by atoms with E-state index >= 15 is 0 Å². The number of carbonyl (C=O) groups excluding carboxylic acids is 1. The predicted octanol–water partition coefficient (Wildman–Crippen LogP) is 3.06. The Hall–Kier alpha value is -2.54. The normalized spacial score (nSPS) is 23.5. The summed E-state index contributed by atoms with van der Waals surface area (Å²) in [6.07, 6.45) is 4.86. The smallest absolute Gasteiger partial charge is 0.237 e. The molecule has 2 saturated heterocycles. The molecular weight excluding hydrogens is 381 g/mol. The molecule has 3 heterocycles. The highest BCUT2D eigenvalue weighted by Gasteiger charge is 2.35. The van der Waals surface area contributed by atoms with Gasteiger partial charge in [0.15, 0.2) is 0 Å². The van der Waals surface area contributed by atoms with Crippen molar-refractivity contribution in [1.29, 1.82) is 0 Å². The van der Waals surface area contributed by atoms with E-state index in [1.165, 1.54) is 5.56 Å². The number of piperidine rings is 1. The molecule has 0 saturated carbocycles. The summed E-state index contributed by atoms with van der Waals surface area (Å²) < 4.78 is 13.8. The average molecular weight is 412 g/mol. The third-order valence-electron chi connectivity index (χ3n) is 6.21. The first kappa shape index (κ1) is 20.7. The van der Waals surface area contributed by atoms with E-state index in [0.717, 1.165) is 42.5 Å². The van der Waals surface area contributed by atoms with E-state index in [-0.39, 0.29) is 18.5 Å². The fourth-order valence-electron chi connectivity index (χ4n) is 4.59. The molecule has 0 spiro atoms. The number of fused-ring (bicyclic) bond motifs is 1. The van der Waals surface area contributed by atoms with Crippen molar-refractivity contribution in [2.45, 2.75) is 44.4 Å². The van der Waals surface area contributed by atoms with Gasteiger partial charge in [-0.25, -0.2) is 4.39 Å². The van der Waals surface area contributed by atoms with Crippen molar-refractivity contribution in [3.05, 3.63) is 36.0 Å². The molecule has 2 fully saturated rings. The lowest BCUT2D eigenvalue weighted by molar-refractivity contribution is -0.132. The standard InChI is InChI=1S/C23H30FN5O/c1-16-5-6-21(20-4-3-9-26-23(16)20)27-18-7-10-28(11-8-18)15-22(30)29-14-17(24)12-19(29)13-25-2/h3-6,9,13,17-19,27H,7-8,10-12,14-15H2,1-2H3/t17-,19-/m0/s1. The number of hydrogen-bond donors (Lipinski definition) is 1. The highest BCUT2D eigenvalue weighted by molar-refractivity contribution is 5.93. The number of amides is 1. The fraction of sp³-hybridized carbons (Fsp3) is 0.522. The predicted molar refractivity (Wildman–Crippen MR) is 119 cm³/mol. The molecule has 1 aromatic carbocycles. The first-order valence-corrected chi connectivity index (χ1v) is 10.7. The van der Waals surface area contributed by atoms with E-state index in [0.29, 0.717) is 19.0 Å². The van der Waals surface area contributed by atoms with Crippen LogP contribution in [0, 0.1) is 6.92 Å². The Balaban J connectivity index is 1.32. The topological polar surface area (TPSA) is 60.8 Å². The van der Waals surface area contributed by atoms with Gasteiger partial charge in [-0.3, -0.25) is 19.7 Å². The van der Waals surface area contributed by atoms with Crippen molar-refractivity contribution in [3.8, 4) is 0 Å². The van der Waals surface area contributed by atoms with Crippen molar-refractivity contribution >= 4 is 28.7 Å². The Morgan fingerprint density at radius 3 is 2.90 bits per heavy atom. The first-order valence-electron chi connectivity index (χ1n) is 10.7. The zero-order chi connectivity index (χ0) is 21.1. The van der Waals surface area contributed by atoms with E-state index in [1.807, 2.05) is 12.3 Å². The lowest BCUT2D eigenvalue weighted by Crippen LogP contribution is -2.47. The van der Waals surface area contributed by atoms with E-state index < -0.39 is 6.17 Å². The summed E-state index contributed by atoms with van der Waals surface area (Å²) in [5, 5.41) is 4.83. The molecule has 1 aromatic heterocycles. The molecule has 0 radical (unpaired) electrons. The number of pyridine rings is 1. The van der Waals surface area contributed by atoms with Gasteiger partial charge in [-0.05, 0) is 43.5 Å². The summed E-state index contributed by atoms with van der Waals surface area (Å²) in [5.74, 6) is 0.00191. The van der Waals surface area contributed by atoms with Gasteiger partial charge in [0, 0.05) is 56.1 Å².